The summed E-state index contributed by atoms with van der Waals surface area (Å²) in [6, 6.07) is 37.3. The molecule has 0 fully saturated rings. The molecule has 8 rings (SSSR count). The number of para-hydroxylation sites is 4. The summed E-state index contributed by atoms with van der Waals surface area (Å²) in [5.74, 6) is 0.884. The predicted octanol–water partition coefficient (Wildman–Crippen LogP) is 6.83. The number of fused-ring (bicyclic) bond motifs is 7. The van der Waals surface area contributed by atoms with Gasteiger partial charge in [0.25, 0.3) is 0 Å². The quantitative estimate of drug-likeness (QED) is 0.281. The lowest BCUT2D eigenvalue weighted by molar-refractivity contribution is 1.07. The molecule has 5 aromatic heterocycles. The third kappa shape index (κ3) is 2.84. The zero-order valence-electron chi connectivity index (χ0n) is 19.7. The summed E-state index contributed by atoms with van der Waals surface area (Å²) >= 11 is 0. The van der Waals surface area contributed by atoms with E-state index in [1.807, 2.05) is 36.5 Å². The van der Waals surface area contributed by atoms with Crippen LogP contribution in [0.5, 0.6) is 0 Å². The van der Waals surface area contributed by atoms with Gasteiger partial charge in [-0.2, -0.15) is 0 Å². The van der Waals surface area contributed by atoms with Gasteiger partial charge in [-0.3, -0.25) is 23.5 Å². The van der Waals surface area contributed by atoms with Crippen LogP contribution in [-0.4, -0.2) is 28.5 Å². The predicted molar refractivity (Wildman–Crippen MR) is 147 cm³/mol. The second-order valence-corrected chi connectivity index (χ2v) is 9.05. The Labute approximate surface area is 211 Å². The Bertz CT molecular complexity index is 2060. The second-order valence-electron chi connectivity index (χ2n) is 9.05. The molecule has 3 aromatic carbocycles. The van der Waals surface area contributed by atoms with Crippen LogP contribution in [0.25, 0.3) is 61.6 Å². The summed E-state index contributed by atoms with van der Waals surface area (Å²) in [6.07, 6.45) is 3.71. The fraction of sp³-hybridized carbons (Fsp3) is 0. The highest BCUT2D eigenvalue weighted by Crippen LogP contribution is 2.36. The molecular weight excluding hydrogens is 456 g/mol. The highest BCUT2D eigenvalue weighted by Gasteiger charge is 2.23. The first kappa shape index (κ1) is 20.0. The van der Waals surface area contributed by atoms with Crippen LogP contribution in [0.2, 0.25) is 0 Å². The van der Waals surface area contributed by atoms with Gasteiger partial charge >= 0.3 is 0 Å². The summed E-state index contributed by atoms with van der Waals surface area (Å²) in [5, 5.41) is 1.11. The number of hydrogen-bond donors (Lipinski definition) is 0. The molecule has 37 heavy (non-hydrogen) atoms. The van der Waals surface area contributed by atoms with Crippen LogP contribution >= 0.6 is 0 Å². The first-order valence-electron chi connectivity index (χ1n) is 12.2. The molecule has 5 heterocycles. The molecule has 0 N–H and O–H groups in total. The number of hydrogen-bond acceptors (Lipinski definition) is 3. The molecule has 6 nitrogen and oxygen atoms in total. The van der Waals surface area contributed by atoms with Crippen molar-refractivity contribution in [3.8, 4) is 22.8 Å². The number of rotatable bonds is 3. The third-order valence-electron chi connectivity index (χ3n) is 6.96. The van der Waals surface area contributed by atoms with Gasteiger partial charge in [-0.25, -0.2) is 4.98 Å². The van der Waals surface area contributed by atoms with E-state index in [2.05, 4.69) is 97.4 Å². The molecule has 0 bridgehead atoms. The van der Waals surface area contributed by atoms with E-state index < -0.39 is 0 Å². The van der Waals surface area contributed by atoms with E-state index in [9.17, 15) is 0 Å². The minimum atomic E-state index is 0.844. The molecule has 0 saturated heterocycles. The standard InChI is InChI=1S/C31H20N6/c1-2-10-21(11-3-1)36-27-15-6-7-16-28(27)37-30-29(34-31(36)37)23-12-4-5-14-26(23)35(30)22-17-18-25(33-20-22)24-13-8-9-19-32-24/h1-20H. The molecule has 174 valence electrons. The molecule has 0 aliphatic heterocycles. The van der Waals surface area contributed by atoms with Crippen molar-refractivity contribution < 1.29 is 0 Å². The van der Waals surface area contributed by atoms with Gasteiger partial charge in [0.2, 0.25) is 5.78 Å². The molecule has 0 aliphatic rings. The lowest BCUT2D eigenvalue weighted by atomic mass is 10.2. The van der Waals surface area contributed by atoms with Gasteiger partial charge in [0.1, 0.15) is 5.52 Å². The van der Waals surface area contributed by atoms with Crippen LogP contribution in [-0.2, 0) is 0 Å². The van der Waals surface area contributed by atoms with Crippen LogP contribution in [0.3, 0.4) is 0 Å². The van der Waals surface area contributed by atoms with Crippen molar-refractivity contribution in [3.63, 3.8) is 0 Å². The average molecular weight is 477 g/mol. The number of imidazole rings is 2. The smallest absolute Gasteiger partial charge is 0.221 e. The molecule has 0 spiro atoms. The number of pyridine rings is 2. The van der Waals surface area contributed by atoms with Crippen LogP contribution in [0, 0.1) is 0 Å². The van der Waals surface area contributed by atoms with E-state index in [0.717, 1.165) is 61.6 Å². The lowest BCUT2D eigenvalue weighted by Gasteiger charge is -2.08. The molecule has 6 heteroatoms. The number of nitrogens with zero attached hydrogens (tertiary/aromatic N) is 6. The molecule has 0 aliphatic carbocycles. The van der Waals surface area contributed by atoms with E-state index in [-0.39, 0.29) is 0 Å². The van der Waals surface area contributed by atoms with E-state index in [1.54, 1.807) is 6.20 Å². The molecule has 0 atom stereocenters. The fourth-order valence-electron chi connectivity index (χ4n) is 5.37. The summed E-state index contributed by atoms with van der Waals surface area (Å²) in [7, 11) is 0. The maximum atomic E-state index is 5.24. The van der Waals surface area contributed by atoms with Crippen molar-refractivity contribution >= 4 is 38.9 Å². The lowest BCUT2D eigenvalue weighted by Crippen LogP contribution is -1.99. The Hall–Kier alpha value is -5.23. The Balaban J connectivity index is 1.48. The molecule has 0 amide bonds. The van der Waals surface area contributed by atoms with E-state index in [4.69, 9.17) is 9.97 Å². The van der Waals surface area contributed by atoms with Crippen molar-refractivity contribution in [2.45, 2.75) is 0 Å². The molecule has 0 saturated carbocycles. The second kappa shape index (κ2) is 7.63. The van der Waals surface area contributed by atoms with Gasteiger partial charge < -0.3 is 0 Å². The first-order valence-corrected chi connectivity index (χ1v) is 12.2. The molecular formula is C31H20N6. The third-order valence-corrected chi connectivity index (χ3v) is 6.96. The Morgan fingerprint density at radius 1 is 0.514 bits per heavy atom. The Morgan fingerprint density at radius 3 is 2.03 bits per heavy atom. The number of aromatic nitrogens is 6. The monoisotopic (exact) mass is 476 g/mol. The maximum absolute atomic E-state index is 5.24. The number of benzene rings is 3. The maximum Gasteiger partial charge on any atom is 0.221 e. The average Bonchev–Trinajstić information content (AvgIpc) is 3.60. The largest absolute Gasteiger partial charge is 0.292 e. The molecule has 0 unspecified atom stereocenters. The van der Waals surface area contributed by atoms with Crippen LogP contribution < -0.4 is 0 Å². The van der Waals surface area contributed by atoms with Gasteiger partial charge in [0.15, 0.2) is 5.65 Å². The van der Waals surface area contributed by atoms with Crippen molar-refractivity contribution in [1.29, 1.82) is 0 Å². The van der Waals surface area contributed by atoms with Crippen LogP contribution in [0.15, 0.2) is 122 Å². The van der Waals surface area contributed by atoms with Crippen LogP contribution in [0.1, 0.15) is 0 Å². The topological polar surface area (TPSA) is 52.9 Å². The minimum absolute atomic E-state index is 0.844. The van der Waals surface area contributed by atoms with Crippen LogP contribution in [0.4, 0.5) is 0 Å². The Kier molecular flexibility index (Phi) is 4.13. The summed E-state index contributed by atoms with van der Waals surface area (Å²) in [5.41, 5.74) is 9.06. The normalized spacial score (nSPS) is 11.8. The van der Waals surface area contributed by atoms with Gasteiger partial charge in [-0.15, -0.1) is 0 Å². The fourth-order valence-corrected chi connectivity index (χ4v) is 5.37. The first-order chi connectivity index (χ1) is 18.4. The zero-order valence-corrected chi connectivity index (χ0v) is 19.7. The van der Waals surface area contributed by atoms with Crippen molar-refractivity contribution in [1.82, 2.24) is 28.5 Å². The summed E-state index contributed by atoms with van der Waals surface area (Å²) in [6.45, 7) is 0. The van der Waals surface area contributed by atoms with Crippen molar-refractivity contribution in [3.05, 3.63) is 122 Å². The zero-order chi connectivity index (χ0) is 24.3. The van der Waals surface area contributed by atoms with Crippen molar-refractivity contribution in [2.24, 2.45) is 0 Å². The highest BCUT2D eigenvalue weighted by atomic mass is 15.3. The summed E-state index contributed by atoms with van der Waals surface area (Å²) < 4.78 is 6.77. The molecule has 8 aromatic rings. The van der Waals surface area contributed by atoms with E-state index >= 15 is 0 Å². The van der Waals surface area contributed by atoms with Gasteiger partial charge in [0, 0.05) is 17.3 Å². The van der Waals surface area contributed by atoms with Gasteiger partial charge in [-0.1, -0.05) is 54.6 Å². The molecule has 0 radical (unpaired) electrons. The Morgan fingerprint density at radius 2 is 1.24 bits per heavy atom. The van der Waals surface area contributed by atoms with E-state index in [1.165, 1.54) is 0 Å². The SMILES string of the molecule is c1ccc(-n2c3ccccc3n3c2nc2c4ccccc4n(-c4ccc(-c5ccccn5)nc4)c23)cc1. The van der Waals surface area contributed by atoms with Gasteiger partial charge in [-0.05, 0) is 54.6 Å². The van der Waals surface area contributed by atoms with Crippen molar-refractivity contribution in [2.75, 3.05) is 0 Å². The van der Waals surface area contributed by atoms with E-state index in [0.29, 0.717) is 0 Å². The highest BCUT2D eigenvalue weighted by molar-refractivity contribution is 6.09. The summed E-state index contributed by atoms with van der Waals surface area (Å²) in [4.78, 5) is 14.5. The minimum Gasteiger partial charge on any atom is -0.292 e. The van der Waals surface area contributed by atoms with Gasteiger partial charge in [0.05, 0.1) is 39.8 Å².